The lowest BCUT2D eigenvalue weighted by Gasteiger charge is -2.27. The van der Waals surface area contributed by atoms with E-state index in [0.29, 0.717) is 50.0 Å². The largest absolute Gasteiger partial charge is 0.496 e. The third kappa shape index (κ3) is 7.81. The number of carbonyl (C=O) groups excluding carboxylic acids is 1. The Morgan fingerprint density at radius 3 is 2.38 bits per heavy atom. The van der Waals surface area contributed by atoms with Gasteiger partial charge in [0.1, 0.15) is 21.6 Å². The van der Waals surface area contributed by atoms with Gasteiger partial charge >= 0.3 is 6.18 Å². The molecule has 1 aromatic carbocycles. The summed E-state index contributed by atoms with van der Waals surface area (Å²) >= 11 is 6.72. The van der Waals surface area contributed by atoms with E-state index in [1.807, 2.05) is 13.8 Å². The van der Waals surface area contributed by atoms with Crippen molar-refractivity contribution in [2.75, 3.05) is 25.2 Å². The number of halogens is 4. The smallest absolute Gasteiger partial charge is 0.408 e. The van der Waals surface area contributed by atoms with E-state index < -0.39 is 28.0 Å². The highest BCUT2D eigenvalue weighted by molar-refractivity contribution is 7.91. The van der Waals surface area contributed by atoms with Crippen LogP contribution in [0.15, 0.2) is 18.2 Å². The molecule has 8 nitrogen and oxygen atoms in total. The van der Waals surface area contributed by atoms with E-state index in [4.69, 9.17) is 16.3 Å². The highest BCUT2D eigenvalue weighted by Gasteiger charge is 2.36. The molecule has 1 aromatic heterocycles. The molecule has 0 unspecified atom stereocenters. The van der Waals surface area contributed by atoms with Gasteiger partial charge in [0.2, 0.25) is 0 Å². The number of ether oxygens (including phenoxy) is 1. The van der Waals surface area contributed by atoms with Gasteiger partial charge in [0.05, 0.1) is 23.1 Å². The number of hydrogen-bond donors (Lipinski definition) is 2. The van der Waals surface area contributed by atoms with Crippen LogP contribution in [-0.4, -0.2) is 61.5 Å². The molecule has 0 spiro atoms. The lowest BCUT2D eigenvalue weighted by molar-refractivity contribution is -0.138. The number of carbonyl (C=O) groups is 1. The molecule has 13 heteroatoms. The van der Waals surface area contributed by atoms with Gasteiger partial charge in [-0.2, -0.15) is 18.3 Å². The summed E-state index contributed by atoms with van der Waals surface area (Å²) in [5.41, 5.74) is 1.16. The van der Waals surface area contributed by atoms with Crippen LogP contribution in [0.25, 0.3) is 11.3 Å². The highest BCUT2D eigenvalue weighted by Crippen LogP contribution is 2.39. The Balaban J connectivity index is 1.84. The molecule has 0 bridgehead atoms. The minimum Gasteiger partial charge on any atom is -0.496 e. The minimum absolute atomic E-state index is 0.0343. The van der Waals surface area contributed by atoms with Crippen LogP contribution in [0.4, 0.5) is 18.9 Å². The maximum atomic E-state index is 13.1. The minimum atomic E-state index is -4.42. The van der Waals surface area contributed by atoms with Gasteiger partial charge in [-0.3, -0.25) is 9.48 Å². The molecular formula is C26H36ClF3N4O4S. The molecule has 1 atom stereocenters. The molecule has 3 rings (SSSR count). The molecule has 1 aliphatic rings. The first-order chi connectivity index (χ1) is 18.1. The van der Waals surface area contributed by atoms with Gasteiger partial charge in [-0.05, 0) is 56.6 Å². The zero-order chi connectivity index (χ0) is 29.1. The Morgan fingerprint density at radius 1 is 1.21 bits per heavy atom. The number of aromatic nitrogens is 2. The number of alkyl halides is 3. The number of methoxy groups -OCH3 is 1. The summed E-state index contributed by atoms with van der Waals surface area (Å²) in [7, 11) is -1.67. The van der Waals surface area contributed by atoms with Crippen molar-refractivity contribution in [1.82, 2.24) is 15.1 Å². The number of benzene rings is 1. The van der Waals surface area contributed by atoms with E-state index in [1.165, 1.54) is 25.5 Å². The zero-order valence-electron chi connectivity index (χ0n) is 22.7. The van der Waals surface area contributed by atoms with Crippen molar-refractivity contribution in [3.63, 3.8) is 0 Å². The van der Waals surface area contributed by atoms with Crippen LogP contribution in [0, 0.1) is 11.8 Å². The molecular weight excluding hydrogens is 557 g/mol. The number of rotatable bonds is 10. The normalized spacial score (nSPS) is 19.1. The molecule has 1 saturated carbocycles. The third-order valence-electron chi connectivity index (χ3n) is 6.93. The van der Waals surface area contributed by atoms with Gasteiger partial charge in [0, 0.05) is 36.7 Å². The fourth-order valence-corrected chi connectivity index (χ4v) is 6.17. The SMILES string of the molecule is COc1cc(N[C@H](C)C(F)(F)F)ccc1-c1c(Cl)c(C(=O)NCC2CCC(S(C)(=O)=O)CC2)nn1CC(C)C. The predicted molar refractivity (Wildman–Crippen MR) is 146 cm³/mol. The molecule has 2 N–H and O–H groups in total. The number of anilines is 1. The van der Waals surface area contributed by atoms with Gasteiger partial charge < -0.3 is 15.4 Å². The second-order valence-corrected chi connectivity index (χ2v) is 13.3. The van der Waals surface area contributed by atoms with E-state index in [9.17, 15) is 26.4 Å². The number of hydrogen-bond acceptors (Lipinski definition) is 6. The second-order valence-electron chi connectivity index (χ2n) is 10.6. The first kappa shape index (κ1) is 31.1. The van der Waals surface area contributed by atoms with Gasteiger partial charge in [-0.25, -0.2) is 8.42 Å². The summed E-state index contributed by atoms with van der Waals surface area (Å²) in [6.45, 7) is 5.80. The van der Waals surface area contributed by atoms with E-state index >= 15 is 0 Å². The Kier molecular flexibility index (Phi) is 9.85. The summed E-state index contributed by atoms with van der Waals surface area (Å²) in [4.78, 5) is 13.1. The first-order valence-corrected chi connectivity index (χ1v) is 15.2. The van der Waals surface area contributed by atoms with Crippen LogP contribution >= 0.6 is 11.6 Å². The van der Waals surface area contributed by atoms with E-state index in [0.717, 1.165) is 6.92 Å². The van der Waals surface area contributed by atoms with Crippen molar-refractivity contribution in [2.45, 2.75) is 70.5 Å². The van der Waals surface area contributed by atoms with E-state index in [1.54, 1.807) is 10.7 Å². The first-order valence-electron chi connectivity index (χ1n) is 12.9. The average molecular weight is 593 g/mol. The maximum absolute atomic E-state index is 13.1. The Hall–Kier alpha value is -2.47. The summed E-state index contributed by atoms with van der Waals surface area (Å²) in [5.74, 6) is 0.128. The Bertz CT molecular complexity index is 1270. The maximum Gasteiger partial charge on any atom is 0.408 e. The van der Waals surface area contributed by atoms with Crippen LogP contribution in [0.1, 0.15) is 56.9 Å². The fraction of sp³-hybridized carbons (Fsp3) is 0.615. The molecule has 0 radical (unpaired) electrons. The summed E-state index contributed by atoms with van der Waals surface area (Å²) in [6.07, 6.45) is -0.624. The van der Waals surface area contributed by atoms with Gasteiger partial charge in [-0.15, -0.1) is 0 Å². The van der Waals surface area contributed by atoms with Crippen LogP contribution in [0.2, 0.25) is 5.02 Å². The van der Waals surface area contributed by atoms with Crippen molar-refractivity contribution in [3.8, 4) is 17.0 Å². The topological polar surface area (TPSA) is 102 Å². The molecule has 1 amide bonds. The summed E-state index contributed by atoms with van der Waals surface area (Å²) < 4.78 is 69.8. The Labute approximate surface area is 232 Å². The zero-order valence-corrected chi connectivity index (χ0v) is 24.3. The number of sulfone groups is 1. The number of nitrogens with zero attached hydrogens (tertiary/aromatic N) is 2. The van der Waals surface area contributed by atoms with Crippen molar-refractivity contribution in [2.24, 2.45) is 11.8 Å². The van der Waals surface area contributed by atoms with E-state index in [-0.39, 0.29) is 39.2 Å². The van der Waals surface area contributed by atoms with Crippen LogP contribution in [-0.2, 0) is 16.4 Å². The molecule has 1 fully saturated rings. The Morgan fingerprint density at radius 2 is 1.85 bits per heavy atom. The fourth-order valence-electron chi connectivity index (χ4n) is 4.71. The van der Waals surface area contributed by atoms with Crippen molar-refractivity contribution < 1.29 is 31.1 Å². The average Bonchev–Trinajstić information content (AvgIpc) is 3.16. The highest BCUT2D eigenvalue weighted by atomic mass is 35.5. The predicted octanol–water partition coefficient (Wildman–Crippen LogP) is 5.56. The molecule has 218 valence electrons. The van der Waals surface area contributed by atoms with Crippen LogP contribution in [0.3, 0.4) is 0 Å². The second kappa shape index (κ2) is 12.4. The van der Waals surface area contributed by atoms with Crippen LogP contribution in [0.5, 0.6) is 5.75 Å². The molecule has 39 heavy (non-hydrogen) atoms. The standard InChI is InChI=1S/C26H36ClF3N4O4S/c1-15(2)14-34-24(20-11-8-18(12-21(20)38-4)32-16(3)26(28,29)30)22(27)23(33-34)25(35)31-13-17-6-9-19(10-7-17)39(5,36)37/h8,11-12,15-17,19,32H,6-7,9-10,13-14H2,1-5H3,(H,31,35)/t16-,17?,19?/m1/s1. The van der Waals surface area contributed by atoms with E-state index in [2.05, 4.69) is 15.7 Å². The molecule has 1 aliphatic carbocycles. The summed E-state index contributed by atoms with van der Waals surface area (Å²) in [5, 5.41) is 9.57. The molecule has 2 aromatic rings. The molecule has 0 saturated heterocycles. The number of nitrogens with one attached hydrogen (secondary N) is 2. The van der Waals surface area contributed by atoms with Crippen molar-refractivity contribution in [1.29, 1.82) is 0 Å². The molecule has 0 aliphatic heterocycles. The third-order valence-corrected chi connectivity index (χ3v) is 8.97. The van der Waals surface area contributed by atoms with Gasteiger partial charge in [0.25, 0.3) is 5.91 Å². The number of amides is 1. The molecule has 1 heterocycles. The summed E-state index contributed by atoms with van der Waals surface area (Å²) in [6, 6.07) is 2.77. The van der Waals surface area contributed by atoms with Gasteiger partial charge in [-0.1, -0.05) is 25.4 Å². The van der Waals surface area contributed by atoms with Gasteiger partial charge in [0.15, 0.2) is 5.69 Å². The lowest BCUT2D eigenvalue weighted by Crippen LogP contribution is -2.34. The van der Waals surface area contributed by atoms with Crippen molar-refractivity contribution in [3.05, 3.63) is 28.9 Å². The van der Waals surface area contributed by atoms with Crippen molar-refractivity contribution >= 4 is 33.0 Å². The quantitative estimate of drug-likeness (QED) is 0.374. The van der Waals surface area contributed by atoms with Crippen LogP contribution < -0.4 is 15.4 Å². The monoisotopic (exact) mass is 592 g/mol. The lowest BCUT2D eigenvalue weighted by atomic mass is 9.89.